The molecular formula is C39H52F3N3O10S. The third kappa shape index (κ3) is 9.24. The summed E-state index contributed by atoms with van der Waals surface area (Å²) in [5.41, 5.74) is -6.09. The maximum absolute atomic E-state index is 14.6. The Morgan fingerprint density at radius 3 is 2.27 bits per heavy atom. The number of pyridine rings is 1. The van der Waals surface area contributed by atoms with E-state index >= 15 is 0 Å². The van der Waals surface area contributed by atoms with Crippen molar-refractivity contribution in [3.05, 3.63) is 30.5 Å². The summed E-state index contributed by atoms with van der Waals surface area (Å²) in [4.78, 5) is 61.5. The molecule has 2 heterocycles. The smallest absolute Gasteiger partial charge is 0.418 e. The minimum absolute atomic E-state index is 0.0217. The van der Waals surface area contributed by atoms with E-state index in [0.29, 0.717) is 17.6 Å². The highest BCUT2D eigenvalue weighted by molar-refractivity contribution is 7.85. The molecule has 1 aromatic carbocycles. The van der Waals surface area contributed by atoms with Crippen LogP contribution in [0.15, 0.2) is 30.5 Å². The maximum atomic E-state index is 14.6. The third-order valence-corrected chi connectivity index (χ3v) is 12.1. The molecule has 2 aromatic rings. The normalized spacial score (nSPS) is 24.2. The molecular weight excluding hydrogens is 760 g/mol. The van der Waals surface area contributed by atoms with Gasteiger partial charge in [-0.3, -0.25) is 19.2 Å². The zero-order valence-corrected chi connectivity index (χ0v) is 33.9. The summed E-state index contributed by atoms with van der Waals surface area (Å²) in [6.07, 6.45) is -5.60. The molecule has 0 unspecified atom stereocenters. The summed E-state index contributed by atoms with van der Waals surface area (Å²) in [5, 5.41) is 1.42. The fraction of sp³-hybridized carbons (Fsp3) is 0.667. The van der Waals surface area contributed by atoms with E-state index < -0.39 is 105 Å². The van der Waals surface area contributed by atoms with Crippen LogP contribution in [-0.2, 0) is 38.4 Å². The molecule has 1 aromatic heterocycles. The van der Waals surface area contributed by atoms with Gasteiger partial charge in [0.2, 0.25) is 17.7 Å². The first-order valence-corrected chi connectivity index (χ1v) is 20.2. The first-order valence-electron chi connectivity index (χ1n) is 18.8. The van der Waals surface area contributed by atoms with Crippen LogP contribution < -0.4 is 14.2 Å². The van der Waals surface area contributed by atoms with Crippen molar-refractivity contribution in [2.24, 2.45) is 22.7 Å². The van der Waals surface area contributed by atoms with Crippen LogP contribution in [0, 0.1) is 22.7 Å². The van der Waals surface area contributed by atoms with Crippen LogP contribution in [0.5, 0.6) is 11.6 Å². The van der Waals surface area contributed by atoms with Crippen molar-refractivity contribution in [3.8, 4) is 11.6 Å². The number of hydrogen-bond acceptors (Lipinski definition) is 11. The number of ether oxygens (including phenoxy) is 3. The summed E-state index contributed by atoms with van der Waals surface area (Å²) in [5.74, 6) is -3.38. The summed E-state index contributed by atoms with van der Waals surface area (Å²) >= 11 is 0. The quantitative estimate of drug-likeness (QED) is 0.215. The second kappa shape index (κ2) is 15.4. The molecule has 56 heavy (non-hydrogen) atoms. The molecule has 3 aliphatic rings. The Morgan fingerprint density at radius 2 is 1.73 bits per heavy atom. The molecule has 2 amide bonds. The number of carbonyl (C=O) groups is 4. The molecule has 1 saturated heterocycles. The van der Waals surface area contributed by atoms with Crippen LogP contribution >= 0.6 is 0 Å². The Morgan fingerprint density at radius 1 is 1.05 bits per heavy atom. The lowest BCUT2D eigenvalue weighted by Crippen LogP contribution is -2.56. The molecule has 1 aliphatic heterocycles. The molecule has 5 atom stereocenters. The summed E-state index contributed by atoms with van der Waals surface area (Å²) in [6.45, 7) is 12.2. The number of fused-ring (bicyclic) bond motifs is 1. The highest BCUT2D eigenvalue weighted by Gasteiger charge is 2.64. The highest BCUT2D eigenvalue weighted by Crippen LogP contribution is 2.58. The van der Waals surface area contributed by atoms with Crippen molar-refractivity contribution in [1.82, 2.24) is 14.6 Å². The number of ketones is 1. The van der Waals surface area contributed by atoms with Crippen LogP contribution in [0.2, 0.25) is 0 Å². The van der Waals surface area contributed by atoms with E-state index in [1.807, 2.05) is 0 Å². The van der Waals surface area contributed by atoms with Gasteiger partial charge in [-0.2, -0.15) is 21.6 Å². The van der Waals surface area contributed by atoms with Crippen LogP contribution in [0.3, 0.4) is 0 Å². The molecule has 2 saturated carbocycles. The minimum atomic E-state index is -5.23. The van der Waals surface area contributed by atoms with E-state index in [2.05, 4.69) is 9.17 Å². The molecule has 0 spiro atoms. The Hall–Kier alpha value is -3.99. The fourth-order valence-corrected chi connectivity index (χ4v) is 8.88. The lowest BCUT2D eigenvalue weighted by molar-refractivity contribution is -0.273. The number of likely N-dealkylation sites (tertiary alicyclic amines) is 1. The summed E-state index contributed by atoms with van der Waals surface area (Å²) in [6, 6.07) is 5.92. The van der Waals surface area contributed by atoms with Gasteiger partial charge in [-0.25, -0.2) is 13.9 Å². The number of halogens is 3. The van der Waals surface area contributed by atoms with Gasteiger partial charge in [-0.15, -0.1) is 0 Å². The van der Waals surface area contributed by atoms with Crippen LogP contribution in [0.25, 0.3) is 10.8 Å². The molecule has 1 N–H and O–H groups in total. The van der Waals surface area contributed by atoms with Crippen LogP contribution in [0.4, 0.5) is 13.2 Å². The number of carbonyl (C=O) groups excluding carboxylic acids is 4. The van der Waals surface area contributed by atoms with E-state index in [-0.39, 0.29) is 38.1 Å². The van der Waals surface area contributed by atoms with E-state index in [1.165, 1.54) is 12.0 Å². The minimum Gasteiger partial charge on any atom is -0.497 e. The molecule has 2 aliphatic carbocycles. The van der Waals surface area contributed by atoms with Crippen molar-refractivity contribution >= 4 is 44.6 Å². The Bertz CT molecular complexity index is 1960. The molecule has 0 radical (unpaired) electrons. The number of aromatic nitrogens is 1. The number of benzene rings is 1. The van der Waals surface area contributed by atoms with Gasteiger partial charge in [0.05, 0.1) is 37.5 Å². The van der Waals surface area contributed by atoms with Gasteiger partial charge >= 0.3 is 22.4 Å². The van der Waals surface area contributed by atoms with Gasteiger partial charge in [0, 0.05) is 24.4 Å². The Labute approximate surface area is 325 Å². The second-order valence-corrected chi connectivity index (χ2v) is 18.6. The molecule has 13 nitrogen and oxygen atoms in total. The lowest BCUT2D eigenvalue weighted by Gasteiger charge is -2.41. The van der Waals surface area contributed by atoms with E-state index in [1.54, 1.807) is 83.7 Å². The van der Waals surface area contributed by atoms with Gasteiger partial charge in [0.25, 0.3) is 0 Å². The van der Waals surface area contributed by atoms with Crippen molar-refractivity contribution in [3.63, 3.8) is 0 Å². The van der Waals surface area contributed by atoms with Gasteiger partial charge < -0.3 is 19.1 Å². The van der Waals surface area contributed by atoms with Crippen molar-refractivity contribution in [2.45, 2.75) is 129 Å². The predicted molar refractivity (Wildman–Crippen MR) is 197 cm³/mol. The predicted octanol–water partition coefficient (Wildman–Crippen LogP) is 6.22. The van der Waals surface area contributed by atoms with Crippen molar-refractivity contribution < 1.29 is 59.2 Å². The lowest BCUT2D eigenvalue weighted by atomic mass is 9.77. The van der Waals surface area contributed by atoms with E-state index in [4.69, 9.17) is 14.2 Å². The first-order chi connectivity index (χ1) is 25.8. The molecule has 3 fully saturated rings. The number of nitrogens with one attached hydrogen (secondary N) is 1. The van der Waals surface area contributed by atoms with Gasteiger partial charge in [0.1, 0.15) is 17.5 Å². The maximum Gasteiger partial charge on any atom is 0.418 e. The number of alkyl halides is 3. The fourth-order valence-electron chi connectivity index (χ4n) is 7.73. The highest BCUT2D eigenvalue weighted by atomic mass is 32.2. The van der Waals surface area contributed by atoms with Crippen LogP contribution in [-0.4, -0.2) is 85.0 Å². The monoisotopic (exact) mass is 811 g/mol. The molecule has 0 bridgehead atoms. The Balaban J connectivity index is 1.43. The third-order valence-electron chi connectivity index (χ3n) is 11.1. The van der Waals surface area contributed by atoms with Crippen LogP contribution in [0.1, 0.15) is 99.8 Å². The standard InChI is InChI=1S/C39H52F3N3O10S/c1-9-24-20-37(24,34(49)44-56(50,51)55-38(14-10-15-38)39(40,41)42)21-30(46)29-18-26(53-32-27-12-11-25(52-8)17-23(27)13-16-43-32)22-45(29)33(48)28(35(2,3)4)19-31(47)54-36(5,6)7/h11-13,16-17,24,26,28-29H,9-10,14-15,18-22H2,1-8H3,(H,44,49)/t24-,26-,28-,29+,37-/m1/s1. The van der Waals surface area contributed by atoms with Gasteiger partial charge in [-0.1, -0.05) is 34.1 Å². The zero-order chi connectivity index (χ0) is 41.6. The number of Topliss-reactive ketones (excluding diaryl/α,β-unsaturated/α-hetero) is 1. The average Bonchev–Trinajstić information content (AvgIpc) is 3.62. The molecule has 310 valence electrons. The van der Waals surface area contributed by atoms with Gasteiger partial charge in [0.15, 0.2) is 11.4 Å². The van der Waals surface area contributed by atoms with Crippen molar-refractivity contribution in [1.29, 1.82) is 0 Å². The van der Waals surface area contributed by atoms with Crippen molar-refractivity contribution in [2.75, 3.05) is 13.7 Å². The average molecular weight is 812 g/mol. The van der Waals surface area contributed by atoms with E-state index in [9.17, 15) is 40.8 Å². The largest absolute Gasteiger partial charge is 0.497 e. The summed E-state index contributed by atoms with van der Waals surface area (Å²) in [7, 11) is -3.69. The zero-order valence-electron chi connectivity index (χ0n) is 33.1. The number of rotatable bonds is 14. The number of hydrogen-bond donors (Lipinski definition) is 1. The van der Waals surface area contributed by atoms with E-state index in [0.717, 1.165) is 5.39 Å². The second-order valence-electron chi connectivity index (χ2n) is 17.3. The number of esters is 1. The first kappa shape index (κ1) is 43.1. The number of nitrogens with zero attached hydrogens (tertiary/aromatic N) is 2. The molecule has 5 rings (SSSR count). The molecule has 17 heteroatoms. The Kier molecular flexibility index (Phi) is 11.9. The SMILES string of the molecule is CC[C@@H]1C[C@]1(CC(=O)[C@@H]1C[C@@H](Oc2nccc3cc(OC)ccc23)CN1C(=O)[C@@H](CC(=O)OC(C)(C)C)C(C)(C)C)C(=O)NS(=O)(=O)OC1(C(F)(F)F)CCC1. The number of methoxy groups -OCH3 is 1. The summed E-state index contributed by atoms with van der Waals surface area (Å²) < 4.78 is 90.6. The number of amides is 2. The van der Waals surface area contributed by atoms with Gasteiger partial charge in [-0.05, 0) is 87.4 Å². The topological polar surface area (TPSA) is 168 Å².